The van der Waals surface area contributed by atoms with E-state index in [1.54, 1.807) is 38.1 Å². The summed E-state index contributed by atoms with van der Waals surface area (Å²) in [6.45, 7) is 8.89. The third-order valence-electron chi connectivity index (χ3n) is 8.26. The minimum Gasteiger partial charge on any atom is -0.481 e. The van der Waals surface area contributed by atoms with Gasteiger partial charge in [-0.25, -0.2) is 4.79 Å². The van der Waals surface area contributed by atoms with Gasteiger partial charge in [0.25, 0.3) is 5.91 Å². The van der Waals surface area contributed by atoms with Gasteiger partial charge in [-0.2, -0.15) is 0 Å². The lowest BCUT2D eigenvalue weighted by molar-refractivity contribution is -0.142. The summed E-state index contributed by atoms with van der Waals surface area (Å²) >= 11 is 0. The van der Waals surface area contributed by atoms with E-state index in [0.29, 0.717) is 16.9 Å². The molecular formula is C32H42N4O5. The largest absolute Gasteiger partial charge is 0.481 e. The first-order valence-corrected chi connectivity index (χ1v) is 14.4. The smallest absolute Gasteiger partial charge is 0.319 e. The number of urea groups is 1. The van der Waals surface area contributed by atoms with Crippen LogP contribution in [0.5, 0.6) is 0 Å². The van der Waals surface area contributed by atoms with Crippen LogP contribution < -0.4 is 20.4 Å². The summed E-state index contributed by atoms with van der Waals surface area (Å²) in [6.07, 6.45) is 5.37. The molecule has 2 aromatic carbocycles. The molecule has 9 nitrogen and oxygen atoms in total. The van der Waals surface area contributed by atoms with Crippen molar-refractivity contribution in [2.75, 3.05) is 28.2 Å². The predicted molar refractivity (Wildman–Crippen MR) is 161 cm³/mol. The summed E-state index contributed by atoms with van der Waals surface area (Å²) in [5.74, 6) is -1.40. The molecule has 0 radical (unpaired) electrons. The molecule has 3 N–H and O–H groups in total. The highest BCUT2D eigenvalue weighted by Crippen LogP contribution is 2.37. The molecule has 0 spiro atoms. The molecule has 1 atom stereocenters. The molecule has 0 aromatic heterocycles. The van der Waals surface area contributed by atoms with Crippen LogP contribution in [0.3, 0.4) is 0 Å². The number of aliphatic carboxylic acids is 1. The molecule has 1 aliphatic heterocycles. The second kappa shape index (κ2) is 11.9. The van der Waals surface area contributed by atoms with Crippen molar-refractivity contribution in [2.24, 2.45) is 5.41 Å². The number of anilines is 3. The van der Waals surface area contributed by atoms with Crippen LogP contribution >= 0.6 is 0 Å². The van der Waals surface area contributed by atoms with E-state index in [9.17, 15) is 24.3 Å². The second-order valence-electron chi connectivity index (χ2n) is 12.7. The van der Waals surface area contributed by atoms with E-state index in [2.05, 4.69) is 15.5 Å². The number of fused-ring (bicyclic) bond motifs is 1. The van der Waals surface area contributed by atoms with Gasteiger partial charge in [0.15, 0.2) is 5.78 Å². The van der Waals surface area contributed by atoms with E-state index in [1.807, 2.05) is 45.0 Å². The highest BCUT2D eigenvalue weighted by Gasteiger charge is 2.39. The number of benzene rings is 2. The zero-order valence-corrected chi connectivity index (χ0v) is 24.7. The summed E-state index contributed by atoms with van der Waals surface area (Å²) in [5.41, 5.74) is 0.746. The van der Waals surface area contributed by atoms with Crippen LogP contribution in [0, 0.1) is 5.41 Å². The number of carboxylic acid groups (broad SMARTS) is 1. The number of carbonyl (C=O) groups excluding carboxylic acids is 3. The van der Waals surface area contributed by atoms with E-state index < -0.39 is 28.9 Å². The van der Waals surface area contributed by atoms with Crippen LogP contribution in [0.1, 0.15) is 72.3 Å². The summed E-state index contributed by atoms with van der Waals surface area (Å²) < 4.78 is 0. The summed E-state index contributed by atoms with van der Waals surface area (Å²) in [6, 6.07) is 13.1. The maximum Gasteiger partial charge on any atom is 0.319 e. The minimum absolute atomic E-state index is 0.0761. The summed E-state index contributed by atoms with van der Waals surface area (Å²) in [5, 5.41) is 15.3. The van der Waals surface area contributed by atoms with Crippen molar-refractivity contribution in [3.63, 3.8) is 0 Å². The van der Waals surface area contributed by atoms with Crippen LogP contribution in [0.4, 0.5) is 21.9 Å². The molecule has 0 bridgehead atoms. The van der Waals surface area contributed by atoms with Gasteiger partial charge in [0.05, 0.1) is 23.3 Å². The standard InChI is InChI=1S/C32H42N4O5/c1-31(2,3)27(37)20-36-26-17-10-9-16-25(26)35(23-14-7-6-8-15-23)19-24(28(36)38)34-30(41)33-22-13-11-12-21(18-22)32(4,5)29(39)40/h9-13,16-18,23-24H,6-8,14-15,19-20H2,1-5H3,(H,39,40)(H2,33,34,41)/t24-/m1/s1. The van der Waals surface area contributed by atoms with Gasteiger partial charge >= 0.3 is 12.0 Å². The van der Waals surface area contributed by atoms with E-state index in [0.717, 1.165) is 31.4 Å². The van der Waals surface area contributed by atoms with E-state index in [1.165, 1.54) is 11.3 Å². The highest BCUT2D eigenvalue weighted by molar-refractivity contribution is 6.08. The van der Waals surface area contributed by atoms with Crippen molar-refractivity contribution in [2.45, 2.75) is 84.2 Å². The van der Waals surface area contributed by atoms with Gasteiger partial charge in [-0.1, -0.05) is 64.3 Å². The van der Waals surface area contributed by atoms with E-state index in [4.69, 9.17) is 0 Å². The fraction of sp³-hybridized carbons (Fsp3) is 0.500. The number of para-hydroxylation sites is 2. The zero-order chi connectivity index (χ0) is 29.9. The normalized spacial score (nSPS) is 18.4. The summed E-state index contributed by atoms with van der Waals surface area (Å²) in [7, 11) is 0. The van der Waals surface area contributed by atoms with Crippen molar-refractivity contribution in [3.8, 4) is 0 Å². The molecule has 1 heterocycles. The van der Waals surface area contributed by atoms with Crippen LogP contribution in [0.25, 0.3) is 0 Å². The van der Waals surface area contributed by atoms with Crippen molar-refractivity contribution in [1.29, 1.82) is 0 Å². The quantitative estimate of drug-likeness (QED) is 0.419. The molecule has 220 valence electrons. The molecule has 1 saturated carbocycles. The first-order valence-electron chi connectivity index (χ1n) is 14.4. The Morgan fingerprint density at radius 2 is 1.59 bits per heavy atom. The van der Waals surface area contributed by atoms with Crippen molar-refractivity contribution >= 4 is 40.8 Å². The third-order valence-corrected chi connectivity index (χ3v) is 8.26. The Labute approximate surface area is 242 Å². The van der Waals surface area contributed by atoms with Crippen LogP contribution in [0.2, 0.25) is 0 Å². The number of Topliss-reactive ketones (excluding diaryl/α,β-unsaturated/α-hetero) is 1. The topological polar surface area (TPSA) is 119 Å². The molecule has 2 aliphatic rings. The molecule has 2 aromatic rings. The van der Waals surface area contributed by atoms with Crippen molar-refractivity contribution in [1.82, 2.24) is 5.32 Å². The fourth-order valence-corrected chi connectivity index (χ4v) is 5.44. The molecule has 0 unspecified atom stereocenters. The third kappa shape index (κ3) is 6.72. The Kier molecular flexibility index (Phi) is 8.75. The second-order valence-corrected chi connectivity index (χ2v) is 12.7. The van der Waals surface area contributed by atoms with Crippen molar-refractivity contribution in [3.05, 3.63) is 54.1 Å². The number of carbonyl (C=O) groups is 4. The van der Waals surface area contributed by atoms with Crippen LogP contribution in [-0.4, -0.2) is 54.0 Å². The van der Waals surface area contributed by atoms with Gasteiger partial charge < -0.3 is 25.5 Å². The Morgan fingerprint density at radius 1 is 0.927 bits per heavy atom. The van der Waals surface area contributed by atoms with E-state index >= 15 is 0 Å². The first-order chi connectivity index (χ1) is 19.3. The van der Waals surface area contributed by atoms with Crippen LogP contribution in [-0.2, 0) is 19.8 Å². The maximum absolute atomic E-state index is 14.1. The van der Waals surface area contributed by atoms with Crippen LogP contribution in [0.15, 0.2) is 48.5 Å². The SMILES string of the molecule is CC(C)(C)C(=O)CN1C(=O)[C@H](NC(=O)Nc2cccc(C(C)(C)C(=O)O)c2)CN(C2CCCCC2)c2ccccc21. The monoisotopic (exact) mass is 562 g/mol. The molecular weight excluding hydrogens is 520 g/mol. The van der Waals surface area contributed by atoms with E-state index in [-0.39, 0.29) is 30.8 Å². The number of ketones is 1. The number of rotatable bonds is 7. The number of hydrogen-bond acceptors (Lipinski definition) is 5. The Hall–Kier alpha value is -3.88. The molecule has 1 fully saturated rings. The lowest BCUT2D eigenvalue weighted by Crippen LogP contribution is -2.55. The van der Waals surface area contributed by atoms with Gasteiger partial charge in [-0.05, 0) is 56.5 Å². The first kappa shape index (κ1) is 30.1. The molecule has 41 heavy (non-hydrogen) atoms. The van der Waals surface area contributed by atoms with Gasteiger partial charge in [-0.15, -0.1) is 0 Å². The average molecular weight is 563 g/mol. The lowest BCUT2D eigenvalue weighted by Gasteiger charge is -2.37. The summed E-state index contributed by atoms with van der Waals surface area (Å²) in [4.78, 5) is 56.0. The van der Waals surface area contributed by atoms with Gasteiger partial charge in [0.1, 0.15) is 6.04 Å². The number of hydrogen-bond donors (Lipinski definition) is 3. The Morgan fingerprint density at radius 3 is 2.22 bits per heavy atom. The fourth-order valence-electron chi connectivity index (χ4n) is 5.44. The lowest BCUT2D eigenvalue weighted by atomic mass is 9.84. The average Bonchev–Trinajstić information content (AvgIpc) is 3.03. The van der Waals surface area contributed by atoms with Gasteiger partial charge in [0.2, 0.25) is 0 Å². The Bertz CT molecular complexity index is 1310. The minimum atomic E-state index is -1.14. The molecule has 1 aliphatic carbocycles. The van der Waals surface area contributed by atoms with Gasteiger partial charge in [-0.3, -0.25) is 14.4 Å². The number of nitrogens with one attached hydrogen (secondary N) is 2. The number of carboxylic acids is 1. The molecule has 3 amide bonds. The number of amides is 3. The zero-order valence-electron chi connectivity index (χ0n) is 24.7. The predicted octanol–water partition coefficient (Wildman–Crippen LogP) is 5.34. The molecule has 4 rings (SSSR count). The Balaban J connectivity index is 1.64. The molecule has 0 saturated heterocycles. The number of nitrogens with zero attached hydrogens (tertiary/aromatic N) is 2. The molecule has 9 heteroatoms. The van der Waals surface area contributed by atoms with Crippen molar-refractivity contribution < 1.29 is 24.3 Å². The highest BCUT2D eigenvalue weighted by atomic mass is 16.4. The van der Waals surface area contributed by atoms with Gasteiger partial charge in [0, 0.05) is 23.7 Å². The maximum atomic E-state index is 14.1.